The maximum atomic E-state index is 4.59. The molecule has 108 valence electrons. The van der Waals surface area contributed by atoms with Crippen molar-refractivity contribution in [3.63, 3.8) is 0 Å². The van der Waals surface area contributed by atoms with Gasteiger partial charge in [-0.05, 0) is 35.8 Å². The third kappa shape index (κ3) is 5.13. The van der Waals surface area contributed by atoms with Gasteiger partial charge in [0.15, 0.2) is 0 Å². The molecule has 1 nitrogen and oxygen atoms in total. The second-order valence-electron chi connectivity index (χ2n) is 7.53. The molecule has 0 aromatic rings. The molecular formula is C16H33NS. The predicted molar refractivity (Wildman–Crippen MR) is 85.5 cm³/mol. The molecule has 1 fully saturated rings. The van der Waals surface area contributed by atoms with Crippen LogP contribution in [-0.2, 0) is 0 Å². The highest BCUT2D eigenvalue weighted by Crippen LogP contribution is 2.31. The van der Waals surface area contributed by atoms with Crippen LogP contribution in [0, 0.1) is 17.3 Å². The van der Waals surface area contributed by atoms with E-state index in [1.807, 2.05) is 0 Å². The Labute approximate surface area is 120 Å². The van der Waals surface area contributed by atoms with Crippen molar-refractivity contribution in [3.8, 4) is 0 Å². The predicted octanol–water partition coefficient (Wildman–Crippen LogP) is 4.48. The Morgan fingerprint density at radius 2 is 1.67 bits per heavy atom. The van der Waals surface area contributed by atoms with E-state index in [-0.39, 0.29) is 0 Å². The summed E-state index contributed by atoms with van der Waals surface area (Å²) in [6.07, 6.45) is 5.69. The van der Waals surface area contributed by atoms with Crippen LogP contribution >= 0.6 is 12.6 Å². The molecule has 0 aliphatic heterocycles. The lowest BCUT2D eigenvalue weighted by molar-refractivity contribution is 0.114. The zero-order valence-corrected chi connectivity index (χ0v) is 14.0. The van der Waals surface area contributed by atoms with Gasteiger partial charge in [0.1, 0.15) is 0 Å². The monoisotopic (exact) mass is 271 g/mol. The minimum Gasteiger partial charge on any atom is -0.300 e. The molecule has 18 heavy (non-hydrogen) atoms. The highest BCUT2D eigenvalue weighted by atomic mass is 32.1. The first-order chi connectivity index (χ1) is 8.34. The van der Waals surface area contributed by atoms with Gasteiger partial charge in [0.2, 0.25) is 0 Å². The lowest BCUT2D eigenvalue weighted by Crippen LogP contribution is -2.43. The van der Waals surface area contributed by atoms with E-state index in [4.69, 9.17) is 0 Å². The standard InChI is InChI=1S/C16H33NS/c1-13(2)10-17(15-8-6-7-9-15)11-14(12-18)16(3,4)5/h13-15,18H,6-12H2,1-5H3. The Bertz CT molecular complexity index is 226. The van der Waals surface area contributed by atoms with Crippen LogP contribution in [0.5, 0.6) is 0 Å². The molecule has 1 rings (SSSR count). The highest BCUT2D eigenvalue weighted by molar-refractivity contribution is 7.80. The van der Waals surface area contributed by atoms with Crippen molar-refractivity contribution in [1.29, 1.82) is 0 Å². The summed E-state index contributed by atoms with van der Waals surface area (Å²) in [5.41, 5.74) is 0.371. The van der Waals surface area contributed by atoms with Gasteiger partial charge < -0.3 is 0 Å². The summed E-state index contributed by atoms with van der Waals surface area (Å²) >= 11 is 4.59. The van der Waals surface area contributed by atoms with Crippen LogP contribution in [0.2, 0.25) is 0 Å². The number of nitrogens with zero attached hydrogens (tertiary/aromatic N) is 1. The summed E-state index contributed by atoms with van der Waals surface area (Å²) in [5, 5.41) is 0. The largest absolute Gasteiger partial charge is 0.300 e. The van der Waals surface area contributed by atoms with Crippen LogP contribution in [0.1, 0.15) is 60.3 Å². The van der Waals surface area contributed by atoms with Gasteiger partial charge >= 0.3 is 0 Å². The molecule has 0 N–H and O–H groups in total. The molecule has 2 heteroatoms. The van der Waals surface area contributed by atoms with Crippen molar-refractivity contribution in [1.82, 2.24) is 4.90 Å². The molecule has 0 bridgehead atoms. The normalized spacial score (nSPS) is 20.0. The molecule has 0 amide bonds. The Hall–Kier alpha value is 0.310. The van der Waals surface area contributed by atoms with Crippen LogP contribution in [0.4, 0.5) is 0 Å². The molecular weight excluding hydrogens is 238 g/mol. The molecule has 1 saturated carbocycles. The van der Waals surface area contributed by atoms with Crippen LogP contribution in [0.3, 0.4) is 0 Å². The van der Waals surface area contributed by atoms with Crippen LogP contribution in [-0.4, -0.2) is 29.8 Å². The Kier molecular flexibility index (Phi) is 6.54. The van der Waals surface area contributed by atoms with Gasteiger partial charge in [-0.25, -0.2) is 0 Å². The van der Waals surface area contributed by atoms with Gasteiger partial charge in [-0.15, -0.1) is 0 Å². The fourth-order valence-electron chi connectivity index (χ4n) is 3.00. The number of rotatable bonds is 6. The average molecular weight is 272 g/mol. The maximum absolute atomic E-state index is 4.59. The third-order valence-corrected chi connectivity index (χ3v) is 4.78. The second-order valence-corrected chi connectivity index (χ2v) is 7.90. The van der Waals surface area contributed by atoms with Crippen LogP contribution in [0.25, 0.3) is 0 Å². The van der Waals surface area contributed by atoms with Crippen molar-refractivity contribution in [2.45, 2.75) is 66.3 Å². The smallest absolute Gasteiger partial charge is 0.00954 e. The molecule has 1 aliphatic rings. The first-order valence-electron chi connectivity index (χ1n) is 7.69. The fraction of sp³-hybridized carbons (Fsp3) is 1.00. The molecule has 1 aliphatic carbocycles. The van der Waals surface area contributed by atoms with E-state index in [0.717, 1.165) is 17.7 Å². The molecule has 1 unspecified atom stereocenters. The SMILES string of the molecule is CC(C)CN(CC(CS)C(C)(C)C)C1CCCC1. The molecule has 1 atom stereocenters. The van der Waals surface area contributed by atoms with Gasteiger partial charge in [-0.3, -0.25) is 4.90 Å². The second kappa shape index (κ2) is 7.19. The summed E-state index contributed by atoms with van der Waals surface area (Å²) in [4.78, 5) is 2.77. The topological polar surface area (TPSA) is 3.24 Å². The van der Waals surface area contributed by atoms with Crippen LogP contribution in [0.15, 0.2) is 0 Å². The Morgan fingerprint density at radius 3 is 2.06 bits per heavy atom. The van der Waals surface area contributed by atoms with Gasteiger partial charge in [0.05, 0.1) is 0 Å². The third-order valence-electron chi connectivity index (χ3n) is 4.34. The summed E-state index contributed by atoms with van der Waals surface area (Å²) in [6, 6.07) is 0.845. The van der Waals surface area contributed by atoms with Gasteiger partial charge in [0.25, 0.3) is 0 Å². The number of hydrogen-bond acceptors (Lipinski definition) is 2. The minimum atomic E-state index is 0.371. The van der Waals surface area contributed by atoms with Crippen molar-refractivity contribution >= 4 is 12.6 Å². The average Bonchev–Trinajstić information content (AvgIpc) is 2.74. The summed E-state index contributed by atoms with van der Waals surface area (Å²) < 4.78 is 0. The molecule has 0 aromatic carbocycles. The van der Waals surface area contributed by atoms with E-state index in [1.165, 1.54) is 38.8 Å². The molecule has 0 saturated heterocycles. The van der Waals surface area contributed by atoms with Crippen LogP contribution < -0.4 is 0 Å². The molecule has 0 radical (unpaired) electrons. The van der Waals surface area contributed by atoms with Crippen molar-refractivity contribution in [3.05, 3.63) is 0 Å². The van der Waals surface area contributed by atoms with Crippen molar-refractivity contribution in [2.24, 2.45) is 17.3 Å². The Balaban J connectivity index is 2.64. The number of thiol groups is 1. The molecule has 0 spiro atoms. The van der Waals surface area contributed by atoms with Gasteiger partial charge in [0, 0.05) is 19.1 Å². The minimum absolute atomic E-state index is 0.371. The quantitative estimate of drug-likeness (QED) is 0.697. The zero-order chi connectivity index (χ0) is 13.8. The first kappa shape index (κ1) is 16.4. The van der Waals surface area contributed by atoms with Crippen molar-refractivity contribution in [2.75, 3.05) is 18.8 Å². The Morgan fingerprint density at radius 1 is 1.11 bits per heavy atom. The van der Waals surface area contributed by atoms with E-state index in [1.54, 1.807) is 0 Å². The van der Waals surface area contributed by atoms with E-state index < -0.39 is 0 Å². The van der Waals surface area contributed by atoms with E-state index in [9.17, 15) is 0 Å². The summed E-state index contributed by atoms with van der Waals surface area (Å²) in [6.45, 7) is 14.2. The molecule has 0 aromatic heterocycles. The van der Waals surface area contributed by atoms with Gasteiger partial charge in [-0.2, -0.15) is 12.6 Å². The van der Waals surface area contributed by atoms with E-state index in [2.05, 4.69) is 52.1 Å². The van der Waals surface area contributed by atoms with E-state index in [0.29, 0.717) is 11.3 Å². The lowest BCUT2D eigenvalue weighted by Gasteiger charge is -2.38. The highest BCUT2D eigenvalue weighted by Gasteiger charge is 2.30. The van der Waals surface area contributed by atoms with Crippen molar-refractivity contribution < 1.29 is 0 Å². The lowest BCUT2D eigenvalue weighted by atomic mass is 9.81. The summed E-state index contributed by atoms with van der Waals surface area (Å²) in [5.74, 6) is 2.47. The number of hydrogen-bond donors (Lipinski definition) is 1. The zero-order valence-electron chi connectivity index (χ0n) is 13.1. The maximum Gasteiger partial charge on any atom is 0.00954 e. The van der Waals surface area contributed by atoms with Gasteiger partial charge in [-0.1, -0.05) is 47.5 Å². The van der Waals surface area contributed by atoms with E-state index >= 15 is 0 Å². The molecule has 0 heterocycles. The fourth-order valence-corrected chi connectivity index (χ4v) is 3.66. The summed E-state index contributed by atoms with van der Waals surface area (Å²) in [7, 11) is 0. The first-order valence-corrected chi connectivity index (χ1v) is 8.32.